The Kier molecular flexibility index (Phi) is 4.85. The lowest BCUT2D eigenvalue weighted by atomic mass is 9.85. The van der Waals surface area contributed by atoms with Crippen LogP contribution in [0, 0.1) is 5.92 Å². The molecular formula is C16H25F2N3O2. The normalized spacial score (nSPS) is 28.4. The highest BCUT2D eigenvalue weighted by Gasteiger charge is 2.40. The Labute approximate surface area is 135 Å². The van der Waals surface area contributed by atoms with Crippen molar-refractivity contribution < 1.29 is 18.4 Å². The van der Waals surface area contributed by atoms with Crippen LogP contribution in [0.3, 0.4) is 0 Å². The SMILES string of the molecule is O=C(CN1CCN(C(=O)C2CCCC(F)(F)C2)CC1)NC1CC1. The van der Waals surface area contributed by atoms with Crippen LogP contribution < -0.4 is 5.32 Å². The zero-order chi connectivity index (χ0) is 16.4. The molecule has 2 amide bonds. The van der Waals surface area contributed by atoms with Crippen LogP contribution in [0.1, 0.15) is 38.5 Å². The van der Waals surface area contributed by atoms with Gasteiger partial charge in [-0.05, 0) is 25.7 Å². The smallest absolute Gasteiger partial charge is 0.248 e. The Morgan fingerprint density at radius 3 is 2.39 bits per heavy atom. The average molecular weight is 329 g/mol. The monoisotopic (exact) mass is 329 g/mol. The van der Waals surface area contributed by atoms with E-state index in [1.165, 1.54) is 0 Å². The molecule has 1 saturated heterocycles. The van der Waals surface area contributed by atoms with Crippen molar-refractivity contribution in [2.75, 3.05) is 32.7 Å². The summed E-state index contributed by atoms with van der Waals surface area (Å²) in [4.78, 5) is 27.9. The van der Waals surface area contributed by atoms with Crippen molar-refractivity contribution in [3.63, 3.8) is 0 Å². The number of nitrogens with one attached hydrogen (secondary N) is 1. The van der Waals surface area contributed by atoms with E-state index in [0.717, 1.165) is 12.8 Å². The molecule has 5 nitrogen and oxygen atoms in total. The molecule has 1 atom stereocenters. The van der Waals surface area contributed by atoms with Gasteiger partial charge in [0.15, 0.2) is 0 Å². The van der Waals surface area contributed by atoms with E-state index in [2.05, 4.69) is 5.32 Å². The second-order valence-corrected chi connectivity index (χ2v) is 7.09. The molecule has 0 aromatic heterocycles. The zero-order valence-electron chi connectivity index (χ0n) is 13.4. The van der Waals surface area contributed by atoms with Crippen molar-refractivity contribution in [3.8, 4) is 0 Å². The molecule has 3 fully saturated rings. The lowest BCUT2D eigenvalue weighted by molar-refractivity contribution is -0.144. The van der Waals surface area contributed by atoms with Crippen LogP contribution in [0.15, 0.2) is 0 Å². The first-order valence-electron chi connectivity index (χ1n) is 8.61. The molecule has 1 N–H and O–H groups in total. The Morgan fingerprint density at radius 2 is 1.78 bits per heavy atom. The van der Waals surface area contributed by atoms with Crippen molar-refractivity contribution in [2.45, 2.75) is 50.5 Å². The molecule has 0 spiro atoms. The van der Waals surface area contributed by atoms with Crippen LogP contribution in [0.25, 0.3) is 0 Å². The number of halogens is 2. The third-order valence-electron chi connectivity index (χ3n) is 4.98. The van der Waals surface area contributed by atoms with E-state index in [9.17, 15) is 18.4 Å². The molecule has 1 unspecified atom stereocenters. The number of amides is 2. The van der Waals surface area contributed by atoms with E-state index in [1.807, 2.05) is 4.90 Å². The Balaban J connectivity index is 1.42. The maximum atomic E-state index is 13.5. The van der Waals surface area contributed by atoms with Crippen LogP contribution >= 0.6 is 0 Å². The Hall–Kier alpha value is -1.24. The van der Waals surface area contributed by atoms with Gasteiger partial charge in [0.25, 0.3) is 0 Å². The number of piperazine rings is 1. The highest BCUT2D eigenvalue weighted by Crippen LogP contribution is 2.37. The van der Waals surface area contributed by atoms with Crippen molar-refractivity contribution in [1.82, 2.24) is 15.1 Å². The van der Waals surface area contributed by atoms with E-state index < -0.39 is 11.8 Å². The minimum Gasteiger partial charge on any atom is -0.352 e. The Bertz CT molecular complexity index is 460. The summed E-state index contributed by atoms with van der Waals surface area (Å²) in [5, 5.41) is 2.95. The molecule has 0 bridgehead atoms. The van der Waals surface area contributed by atoms with Gasteiger partial charge in [-0.2, -0.15) is 0 Å². The first kappa shape index (κ1) is 16.6. The summed E-state index contributed by atoms with van der Waals surface area (Å²) in [5.74, 6) is -3.32. The van der Waals surface area contributed by atoms with Crippen LogP contribution in [-0.2, 0) is 9.59 Å². The number of hydrogen-bond acceptors (Lipinski definition) is 3. The highest BCUT2D eigenvalue weighted by molar-refractivity contribution is 5.80. The summed E-state index contributed by atoms with van der Waals surface area (Å²) in [5.41, 5.74) is 0. The highest BCUT2D eigenvalue weighted by atomic mass is 19.3. The van der Waals surface area contributed by atoms with Gasteiger partial charge in [-0.3, -0.25) is 14.5 Å². The summed E-state index contributed by atoms with van der Waals surface area (Å²) >= 11 is 0. The Morgan fingerprint density at radius 1 is 1.09 bits per heavy atom. The topological polar surface area (TPSA) is 52.7 Å². The quantitative estimate of drug-likeness (QED) is 0.844. The predicted octanol–water partition coefficient (Wildman–Crippen LogP) is 1.23. The lowest BCUT2D eigenvalue weighted by Crippen LogP contribution is -2.53. The number of hydrogen-bond donors (Lipinski definition) is 1. The summed E-state index contributed by atoms with van der Waals surface area (Å²) in [6, 6.07) is 0.360. The van der Waals surface area contributed by atoms with E-state index in [4.69, 9.17) is 0 Å². The van der Waals surface area contributed by atoms with E-state index in [1.54, 1.807) is 4.90 Å². The first-order valence-corrected chi connectivity index (χ1v) is 8.61. The molecule has 1 heterocycles. The van der Waals surface area contributed by atoms with Gasteiger partial charge in [0.2, 0.25) is 17.7 Å². The maximum Gasteiger partial charge on any atom is 0.248 e. The molecular weight excluding hydrogens is 304 g/mol. The third kappa shape index (κ3) is 4.62. The van der Waals surface area contributed by atoms with Crippen LogP contribution in [-0.4, -0.2) is 66.3 Å². The minimum absolute atomic E-state index is 0.0409. The number of carbonyl (C=O) groups is 2. The molecule has 0 aromatic carbocycles. The minimum atomic E-state index is -2.69. The fourth-order valence-corrected chi connectivity index (χ4v) is 3.47. The zero-order valence-corrected chi connectivity index (χ0v) is 13.4. The second-order valence-electron chi connectivity index (χ2n) is 7.09. The standard InChI is InChI=1S/C16H25F2N3O2/c17-16(18)5-1-2-12(10-16)15(23)21-8-6-20(7-9-21)11-14(22)19-13-3-4-13/h12-13H,1-11H2,(H,19,22). The van der Waals surface area contributed by atoms with E-state index in [0.29, 0.717) is 51.6 Å². The van der Waals surface area contributed by atoms with E-state index >= 15 is 0 Å². The van der Waals surface area contributed by atoms with Crippen LogP contribution in [0.5, 0.6) is 0 Å². The van der Waals surface area contributed by atoms with Crippen LogP contribution in [0.4, 0.5) is 8.78 Å². The number of alkyl halides is 2. The third-order valence-corrected chi connectivity index (χ3v) is 4.98. The molecule has 0 radical (unpaired) electrons. The summed E-state index contributed by atoms with van der Waals surface area (Å²) in [6.07, 6.45) is 2.72. The van der Waals surface area contributed by atoms with Crippen molar-refractivity contribution in [2.24, 2.45) is 5.92 Å². The van der Waals surface area contributed by atoms with Gasteiger partial charge in [0.05, 0.1) is 6.54 Å². The molecule has 7 heteroatoms. The molecule has 0 aromatic rings. The molecule has 130 valence electrons. The van der Waals surface area contributed by atoms with Gasteiger partial charge in [-0.25, -0.2) is 8.78 Å². The van der Waals surface area contributed by atoms with Crippen molar-refractivity contribution >= 4 is 11.8 Å². The van der Waals surface area contributed by atoms with Crippen LogP contribution in [0.2, 0.25) is 0 Å². The van der Waals surface area contributed by atoms with Crippen molar-refractivity contribution in [3.05, 3.63) is 0 Å². The molecule has 2 aliphatic carbocycles. The lowest BCUT2D eigenvalue weighted by Gasteiger charge is -2.37. The maximum absolute atomic E-state index is 13.5. The second kappa shape index (κ2) is 6.71. The van der Waals surface area contributed by atoms with E-state index in [-0.39, 0.29) is 24.7 Å². The fraction of sp³-hybridized carbons (Fsp3) is 0.875. The number of carbonyl (C=O) groups excluding carboxylic acids is 2. The molecule has 3 rings (SSSR count). The van der Waals surface area contributed by atoms with Gasteiger partial charge in [-0.1, -0.05) is 0 Å². The molecule has 1 aliphatic heterocycles. The van der Waals surface area contributed by atoms with Gasteiger partial charge in [0.1, 0.15) is 0 Å². The largest absolute Gasteiger partial charge is 0.352 e. The average Bonchev–Trinajstić information content (AvgIpc) is 3.30. The van der Waals surface area contributed by atoms with Gasteiger partial charge in [0, 0.05) is 51.0 Å². The number of rotatable bonds is 4. The molecule has 23 heavy (non-hydrogen) atoms. The van der Waals surface area contributed by atoms with Crippen molar-refractivity contribution in [1.29, 1.82) is 0 Å². The predicted molar refractivity (Wildman–Crippen MR) is 81.1 cm³/mol. The first-order chi connectivity index (χ1) is 10.9. The summed E-state index contributed by atoms with van der Waals surface area (Å²) in [7, 11) is 0. The summed E-state index contributed by atoms with van der Waals surface area (Å²) < 4.78 is 26.9. The van der Waals surface area contributed by atoms with Gasteiger partial charge in [-0.15, -0.1) is 0 Å². The fourth-order valence-electron chi connectivity index (χ4n) is 3.47. The molecule has 3 aliphatic rings. The van der Waals surface area contributed by atoms with Gasteiger partial charge >= 0.3 is 0 Å². The summed E-state index contributed by atoms with van der Waals surface area (Å²) in [6.45, 7) is 2.68. The number of nitrogens with zero attached hydrogens (tertiary/aromatic N) is 2. The van der Waals surface area contributed by atoms with Gasteiger partial charge < -0.3 is 10.2 Å². The molecule has 2 saturated carbocycles.